The summed E-state index contributed by atoms with van der Waals surface area (Å²) in [7, 11) is -2.76. The highest BCUT2D eigenvalue weighted by molar-refractivity contribution is 7.89. The molecular weight excluding hydrogens is 277 g/mol. The molecule has 106 valence electrons. The predicted molar refractivity (Wildman–Crippen MR) is 64.6 cm³/mol. The smallest absolute Gasteiger partial charge is 0.306 e. The van der Waals surface area contributed by atoms with Gasteiger partial charge in [0, 0.05) is 13.7 Å². The van der Waals surface area contributed by atoms with E-state index in [4.69, 9.17) is 9.84 Å². The number of hydrogen-bond donors (Lipinski definition) is 2. The van der Waals surface area contributed by atoms with Crippen molar-refractivity contribution >= 4 is 16.0 Å². The van der Waals surface area contributed by atoms with E-state index in [0.717, 1.165) is 12.1 Å². The summed E-state index contributed by atoms with van der Waals surface area (Å²) in [5.74, 6) is -1.99. The van der Waals surface area contributed by atoms with Crippen LogP contribution in [0.2, 0.25) is 0 Å². The van der Waals surface area contributed by atoms with Crippen molar-refractivity contribution in [2.24, 2.45) is 0 Å². The van der Waals surface area contributed by atoms with Gasteiger partial charge in [0.1, 0.15) is 10.7 Å². The van der Waals surface area contributed by atoms with E-state index in [1.165, 1.54) is 19.2 Å². The number of ether oxygens (including phenoxy) is 1. The third kappa shape index (κ3) is 4.58. The molecule has 0 bridgehead atoms. The lowest BCUT2D eigenvalue weighted by molar-refractivity contribution is -0.139. The predicted octanol–water partition coefficient (Wildman–Crippen LogP) is 0.594. The SMILES string of the molecule is COC(CNS(=O)(=O)c1ccccc1F)CC(=O)O. The normalized spacial score (nSPS) is 13.2. The molecule has 0 aromatic heterocycles. The zero-order valence-corrected chi connectivity index (χ0v) is 11.0. The van der Waals surface area contributed by atoms with Crippen molar-refractivity contribution in [3.63, 3.8) is 0 Å². The number of carboxylic acid groups (broad SMARTS) is 1. The Hall–Kier alpha value is -1.51. The van der Waals surface area contributed by atoms with Crippen LogP contribution < -0.4 is 4.72 Å². The molecule has 1 aromatic carbocycles. The van der Waals surface area contributed by atoms with Crippen molar-refractivity contribution in [1.29, 1.82) is 0 Å². The van der Waals surface area contributed by atoms with E-state index >= 15 is 0 Å². The fourth-order valence-electron chi connectivity index (χ4n) is 1.38. The number of halogens is 1. The first-order chi connectivity index (χ1) is 8.86. The summed E-state index contributed by atoms with van der Waals surface area (Å²) in [4.78, 5) is 10.0. The van der Waals surface area contributed by atoms with Crippen molar-refractivity contribution in [1.82, 2.24) is 4.72 Å². The van der Waals surface area contributed by atoms with Gasteiger partial charge in [-0.05, 0) is 12.1 Å². The Kier molecular flexibility index (Phi) is 5.40. The van der Waals surface area contributed by atoms with Crippen LogP contribution in [-0.2, 0) is 19.6 Å². The maximum Gasteiger partial charge on any atom is 0.306 e. The molecule has 0 aliphatic heterocycles. The number of hydrogen-bond acceptors (Lipinski definition) is 4. The maximum atomic E-state index is 13.4. The first-order valence-corrected chi connectivity index (χ1v) is 6.84. The molecule has 2 N–H and O–H groups in total. The van der Waals surface area contributed by atoms with Crippen LogP contribution in [0, 0.1) is 5.82 Å². The van der Waals surface area contributed by atoms with Crippen LogP contribution in [0.25, 0.3) is 0 Å². The van der Waals surface area contributed by atoms with E-state index in [-0.39, 0.29) is 13.0 Å². The molecular formula is C11H14FNO5S. The molecule has 6 nitrogen and oxygen atoms in total. The van der Waals surface area contributed by atoms with Crippen molar-refractivity contribution in [3.8, 4) is 0 Å². The molecule has 0 saturated carbocycles. The lowest BCUT2D eigenvalue weighted by atomic mass is 10.2. The molecule has 0 radical (unpaired) electrons. The third-order valence-electron chi connectivity index (χ3n) is 2.36. The second-order valence-electron chi connectivity index (χ2n) is 3.74. The van der Waals surface area contributed by atoms with E-state index in [2.05, 4.69) is 4.72 Å². The number of rotatable bonds is 7. The fraction of sp³-hybridized carbons (Fsp3) is 0.364. The van der Waals surface area contributed by atoms with E-state index in [1.54, 1.807) is 0 Å². The van der Waals surface area contributed by atoms with Crippen LogP contribution in [-0.4, -0.2) is 39.3 Å². The van der Waals surface area contributed by atoms with Gasteiger partial charge in [-0.1, -0.05) is 12.1 Å². The Balaban J connectivity index is 2.76. The zero-order chi connectivity index (χ0) is 14.5. The molecule has 1 aromatic rings. The summed E-state index contributed by atoms with van der Waals surface area (Å²) in [6, 6.07) is 4.91. The molecule has 1 unspecified atom stereocenters. The number of aliphatic carboxylic acids is 1. The second-order valence-corrected chi connectivity index (χ2v) is 5.47. The Morgan fingerprint density at radius 1 is 1.47 bits per heavy atom. The van der Waals surface area contributed by atoms with Crippen LogP contribution in [0.1, 0.15) is 6.42 Å². The standard InChI is InChI=1S/C11H14FNO5S/c1-18-8(6-11(14)15)7-13-19(16,17)10-5-3-2-4-9(10)12/h2-5,8,13H,6-7H2,1H3,(H,14,15). The number of carbonyl (C=O) groups is 1. The molecule has 0 spiro atoms. The quantitative estimate of drug-likeness (QED) is 0.767. The summed E-state index contributed by atoms with van der Waals surface area (Å²) in [6.07, 6.45) is -1.17. The Bertz CT molecular complexity index is 546. The largest absolute Gasteiger partial charge is 0.481 e. The van der Waals surface area contributed by atoms with E-state index in [9.17, 15) is 17.6 Å². The van der Waals surface area contributed by atoms with Gasteiger partial charge in [-0.3, -0.25) is 4.79 Å². The molecule has 1 atom stereocenters. The summed E-state index contributed by atoms with van der Waals surface area (Å²) in [6.45, 7) is -0.251. The van der Waals surface area contributed by atoms with Crippen molar-refractivity contribution in [2.45, 2.75) is 17.4 Å². The summed E-state index contributed by atoms with van der Waals surface area (Å²) in [5.41, 5.74) is 0. The van der Waals surface area contributed by atoms with Crippen LogP contribution in [0.3, 0.4) is 0 Å². The minimum Gasteiger partial charge on any atom is -0.481 e. The fourth-order valence-corrected chi connectivity index (χ4v) is 2.52. The summed E-state index contributed by atoms with van der Waals surface area (Å²) < 4.78 is 43.9. The van der Waals surface area contributed by atoms with Gasteiger partial charge in [0.2, 0.25) is 10.0 Å². The molecule has 8 heteroatoms. The minimum atomic E-state index is -4.03. The first kappa shape index (κ1) is 15.5. The number of nitrogens with one attached hydrogen (secondary N) is 1. The van der Waals surface area contributed by atoms with Gasteiger partial charge < -0.3 is 9.84 Å². The first-order valence-electron chi connectivity index (χ1n) is 5.35. The zero-order valence-electron chi connectivity index (χ0n) is 10.2. The highest BCUT2D eigenvalue weighted by atomic mass is 32.2. The van der Waals surface area contributed by atoms with Crippen LogP contribution >= 0.6 is 0 Å². The lowest BCUT2D eigenvalue weighted by Gasteiger charge is -2.14. The third-order valence-corrected chi connectivity index (χ3v) is 3.82. The number of sulfonamides is 1. The molecule has 1 rings (SSSR count). The van der Waals surface area contributed by atoms with Gasteiger partial charge in [-0.2, -0.15) is 0 Å². The average Bonchev–Trinajstić information content (AvgIpc) is 2.34. The highest BCUT2D eigenvalue weighted by Crippen LogP contribution is 2.13. The van der Waals surface area contributed by atoms with Gasteiger partial charge in [-0.25, -0.2) is 17.5 Å². The van der Waals surface area contributed by atoms with Crippen LogP contribution in [0.4, 0.5) is 4.39 Å². The van der Waals surface area contributed by atoms with Crippen LogP contribution in [0.5, 0.6) is 0 Å². The van der Waals surface area contributed by atoms with Gasteiger partial charge >= 0.3 is 5.97 Å². The molecule has 0 aliphatic rings. The molecule has 19 heavy (non-hydrogen) atoms. The molecule has 0 fully saturated rings. The van der Waals surface area contributed by atoms with Crippen molar-refractivity contribution < 1.29 is 27.4 Å². The van der Waals surface area contributed by atoms with Gasteiger partial charge in [0.15, 0.2) is 0 Å². The summed E-state index contributed by atoms with van der Waals surface area (Å²) in [5, 5.41) is 8.59. The number of benzene rings is 1. The van der Waals surface area contributed by atoms with Gasteiger partial charge in [-0.15, -0.1) is 0 Å². The lowest BCUT2D eigenvalue weighted by Crippen LogP contribution is -2.34. The highest BCUT2D eigenvalue weighted by Gasteiger charge is 2.21. The second kappa shape index (κ2) is 6.60. The van der Waals surface area contributed by atoms with E-state index in [0.29, 0.717) is 0 Å². The Morgan fingerprint density at radius 3 is 2.63 bits per heavy atom. The monoisotopic (exact) mass is 291 g/mol. The van der Waals surface area contributed by atoms with Crippen molar-refractivity contribution in [2.75, 3.05) is 13.7 Å². The van der Waals surface area contributed by atoms with Crippen LogP contribution in [0.15, 0.2) is 29.2 Å². The maximum absolute atomic E-state index is 13.4. The number of methoxy groups -OCH3 is 1. The topological polar surface area (TPSA) is 92.7 Å². The van der Waals surface area contributed by atoms with Gasteiger partial charge in [0.25, 0.3) is 0 Å². The van der Waals surface area contributed by atoms with E-state index in [1.807, 2.05) is 0 Å². The Labute approximate surface area is 110 Å². The molecule has 0 amide bonds. The Morgan fingerprint density at radius 2 is 2.11 bits per heavy atom. The molecule has 0 aliphatic carbocycles. The summed E-state index contributed by atoms with van der Waals surface area (Å²) >= 11 is 0. The molecule has 0 saturated heterocycles. The molecule has 0 heterocycles. The van der Waals surface area contributed by atoms with Gasteiger partial charge in [0.05, 0.1) is 12.5 Å². The van der Waals surface area contributed by atoms with E-state index < -0.39 is 32.8 Å². The average molecular weight is 291 g/mol. The minimum absolute atomic E-state index is 0.251. The van der Waals surface area contributed by atoms with Crippen molar-refractivity contribution in [3.05, 3.63) is 30.1 Å². The number of carboxylic acids is 1.